The normalized spacial score (nSPS) is 20.8. The number of nitrogens with one attached hydrogen (secondary N) is 1. The van der Waals surface area contributed by atoms with Gasteiger partial charge in [-0.2, -0.15) is 0 Å². The van der Waals surface area contributed by atoms with Crippen LogP contribution in [0.25, 0.3) is 0 Å². The van der Waals surface area contributed by atoms with Crippen LogP contribution < -0.4 is 15.0 Å². The van der Waals surface area contributed by atoms with Crippen LogP contribution in [0, 0.1) is 0 Å². The summed E-state index contributed by atoms with van der Waals surface area (Å²) >= 11 is 0. The topological polar surface area (TPSA) is 24.5 Å². The number of hydrogen-bond acceptors (Lipinski definition) is 3. The summed E-state index contributed by atoms with van der Waals surface area (Å²) in [7, 11) is 1.76. The fraction of sp³-hybridized carbons (Fsp3) is 0.625. The van der Waals surface area contributed by atoms with E-state index in [0.29, 0.717) is 5.92 Å². The number of piperidine rings is 1. The van der Waals surface area contributed by atoms with Crippen LogP contribution in [0.4, 0.5) is 5.69 Å². The number of ether oxygens (including phenoxy) is 1. The quantitative estimate of drug-likeness (QED) is 0.904. The number of hydrogen-bond donors (Lipinski definition) is 1. The van der Waals surface area contributed by atoms with Crippen LogP contribution in [0.15, 0.2) is 18.2 Å². The van der Waals surface area contributed by atoms with Crippen molar-refractivity contribution in [1.29, 1.82) is 0 Å². The molecule has 0 spiro atoms. The molecule has 19 heavy (non-hydrogen) atoms. The van der Waals surface area contributed by atoms with Crippen LogP contribution >= 0.6 is 0 Å². The molecule has 2 saturated heterocycles. The van der Waals surface area contributed by atoms with Gasteiger partial charge in [0.05, 0.1) is 7.11 Å². The molecule has 2 aliphatic rings. The van der Waals surface area contributed by atoms with Gasteiger partial charge in [-0.05, 0) is 68.5 Å². The molecule has 0 saturated carbocycles. The SMILES string of the molecule is COc1ccc(N2CCCC2)c(C2CCNCC2)c1. The summed E-state index contributed by atoms with van der Waals surface area (Å²) in [4.78, 5) is 2.55. The van der Waals surface area contributed by atoms with E-state index in [1.807, 2.05) is 0 Å². The van der Waals surface area contributed by atoms with E-state index in [0.717, 1.165) is 18.8 Å². The monoisotopic (exact) mass is 260 g/mol. The van der Waals surface area contributed by atoms with E-state index < -0.39 is 0 Å². The summed E-state index contributed by atoms with van der Waals surface area (Å²) in [6, 6.07) is 6.64. The minimum atomic E-state index is 0.687. The molecule has 0 bridgehead atoms. The van der Waals surface area contributed by atoms with Gasteiger partial charge in [-0.1, -0.05) is 0 Å². The summed E-state index contributed by atoms with van der Waals surface area (Å²) in [5.74, 6) is 1.68. The van der Waals surface area contributed by atoms with E-state index >= 15 is 0 Å². The highest BCUT2D eigenvalue weighted by atomic mass is 16.5. The Morgan fingerprint density at radius 3 is 2.58 bits per heavy atom. The molecule has 2 heterocycles. The maximum absolute atomic E-state index is 5.43. The third-order valence-corrected chi connectivity index (χ3v) is 4.46. The molecule has 2 fully saturated rings. The first-order valence-electron chi connectivity index (χ1n) is 7.52. The number of benzene rings is 1. The molecule has 1 N–H and O–H groups in total. The van der Waals surface area contributed by atoms with Gasteiger partial charge in [-0.15, -0.1) is 0 Å². The van der Waals surface area contributed by atoms with Gasteiger partial charge in [-0.3, -0.25) is 0 Å². The Morgan fingerprint density at radius 2 is 1.89 bits per heavy atom. The molecular formula is C16H24N2O. The zero-order chi connectivity index (χ0) is 13.1. The lowest BCUT2D eigenvalue weighted by Gasteiger charge is -2.29. The van der Waals surface area contributed by atoms with Crippen molar-refractivity contribution in [1.82, 2.24) is 5.32 Å². The Hall–Kier alpha value is -1.22. The van der Waals surface area contributed by atoms with Gasteiger partial charge in [0.15, 0.2) is 0 Å². The highest BCUT2D eigenvalue weighted by Gasteiger charge is 2.23. The average molecular weight is 260 g/mol. The lowest BCUT2D eigenvalue weighted by atomic mass is 9.88. The van der Waals surface area contributed by atoms with Gasteiger partial charge in [0, 0.05) is 18.8 Å². The zero-order valence-electron chi connectivity index (χ0n) is 11.8. The number of anilines is 1. The number of rotatable bonds is 3. The molecule has 3 rings (SSSR count). The summed E-state index contributed by atoms with van der Waals surface area (Å²) in [5, 5.41) is 3.46. The molecule has 2 aliphatic heterocycles. The average Bonchev–Trinajstić information content (AvgIpc) is 3.01. The summed E-state index contributed by atoms with van der Waals surface area (Å²) in [6.45, 7) is 4.71. The predicted octanol–water partition coefficient (Wildman–Crippen LogP) is 2.76. The smallest absolute Gasteiger partial charge is 0.119 e. The Bertz CT molecular complexity index is 421. The van der Waals surface area contributed by atoms with Gasteiger partial charge in [0.2, 0.25) is 0 Å². The van der Waals surface area contributed by atoms with Crippen molar-refractivity contribution in [2.24, 2.45) is 0 Å². The predicted molar refractivity (Wildman–Crippen MR) is 79.3 cm³/mol. The molecule has 0 aliphatic carbocycles. The van der Waals surface area contributed by atoms with Crippen LogP contribution in [0.5, 0.6) is 5.75 Å². The fourth-order valence-corrected chi connectivity index (χ4v) is 3.37. The third-order valence-electron chi connectivity index (χ3n) is 4.46. The van der Waals surface area contributed by atoms with Crippen molar-refractivity contribution < 1.29 is 4.74 Å². The first-order chi connectivity index (χ1) is 9.38. The first-order valence-corrected chi connectivity index (χ1v) is 7.52. The lowest BCUT2D eigenvalue weighted by molar-refractivity contribution is 0.411. The Morgan fingerprint density at radius 1 is 1.16 bits per heavy atom. The Balaban J connectivity index is 1.92. The molecular weight excluding hydrogens is 236 g/mol. The van der Waals surface area contributed by atoms with E-state index in [4.69, 9.17) is 4.74 Å². The van der Waals surface area contributed by atoms with Gasteiger partial charge in [0.1, 0.15) is 5.75 Å². The van der Waals surface area contributed by atoms with E-state index in [1.54, 1.807) is 7.11 Å². The molecule has 0 unspecified atom stereocenters. The fourth-order valence-electron chi connectivity index (χ4n) is 3.37. The second-order valence-electron chi connectivity index (χ2n) is 5.64. The van der Waals surface area contributed by atoms with Crippen molar-refractivity contribution in [2.75, 3.05) is 38.2 Å². The summed E-state index contributed by atoms with van der Waals surface area (Å²) < 4.78 is 5.43. The maximum Gasteiger partial charge on any atom is 0.119 e. The Kier molecular flexibility index (Phi) is 3.92. The van der Waals surface area contributed by atoms with Crippen molar-refractivity contribution in [3.8, 4) is 5.75 Å². The maximum atomic E-state index is 5.43. The Labute approximate surface area is 115 Å². The molecule has 1 aromatic carbocycles. The molecule has 104 valence electrons. The third kappa shape index (κ3) is 2.71. The van der Waals surface area contributed by atoms with E-state index in [1.165, 1.54) is 50.0 Å². The van der Waals surface area contributed by atoms with Gasteiger partial charge >= 0.3 is 0 Å². The first kappa shape index (κ1) is 12.8. The van der Waals surface area contributed by atoms with E-state index in [-0.39, 0.29) is 0 Å². The van der Waals surface area contributed by atoms with Gasteiger partial charge < -0.3 is 15.0 Å². The van der Waals surface area contributed by atoms with Gasteiger partial charge in [-0.25, -0.2) is 0 Å². The van der Waals surface area contributed by atoms with Crippen LogP contribution in [0.2, 0.25) is 0 Å². The van der Waals surface area contributed by atoms with Crippen LogP contribution in [0.1, 0.15) is 37.2 Å². The second kappa shape index (κ2) is 5.83. The van der Waals surface area contributed by atoms with Crippen LogP contribution in [0.3, 0.4) is 0 Å². The largest absolute Gasteiger partial charge is 0.497 e. The van der Waals surface area contributed by atoms with Crippen molar-refractivity contribution in [3.63, 3.8) is 0 Å². The highest BCUT2D eigenvalue weighted by molar-refractivity contribution is 5.58. The van der Waals surface area contributed by atoms with Crippen LogP contribution in [-0.4, -0.2) is 33.3 Å². The van der Waals surface area contributed by atoms with E-state index in [9.17, 15) is 0 Å². The summed E-state index contributed by atoms with van der Waals surface area (Å²) in [6.07, 6.45) is 5.15. The number of nitrogens with zero attached hydrogens (tertiary/aromatic N) is 1. The molecule has 0 aromatic heterocycles. The molecule has 3 nitrogen and oxygen atoms in total. The highest BCUT2D eigenvalue weighted by Crippen LogP contribution is 2.37. The second-order valence-corrected chi connectivity index (χ2v) is 5.64. The minimum Gasteiger partial charge on any atom is -0.497 e. The molecule has 0 radical (unpaired) electrons. The molecule has 0 amide bonds. The molecule has 3 heteroatoms. The molecule has 1 aromatic rings. The lowest BCUT2D eigenvalue weighted by Crippen LogP contribution is -2.28. The van der Waals surface area contributed by atoms with Crippen molar-refractivity contribution >= 4 is 5.69 Å². The summed E-state index contributed by atoms with van der Waals surface area (Å²) in [5.41, 5.74) is 2.95. The number of methoxy groups -OCH3 is 1. The zero-order valence-corrected chi connectivity index (χ0v) is 11.8. The van der Waals surface area contributed by atoms with Crippen molar-refractivity contribution in [2.45, 2.75) is 31.6 Å². The van der Waals surface area contributed by atoms with E-state index in [2.05, 4.69) is 28.4 Å². The van der Waals surface area contributed by atoms with Crippen LogP contribution in [-0.2, 0) is 0 Å². The van der Waals surface area contributed by atoms with Gasteiger partial charge in [0.25, 0.3) is 0 Å². The minimum absolute atomic E-state index is 0.687. The standard InChI is InChI=1S/C16H24N2O/c1-19-14-4-5-16(18-10-2-3-11-18)15(12-14)13-6-8-17-9-7-13/h4-5,12-13,17H,2-3,6-11H2,1H3. The molecule has 0 atom stereocenters. The van der Waals surface area contributed by atoms with Crippen molar-refractivity contribution in [3.05, 3.63) is 23.8 Å².